The van der Waals surface area contributed by atoms with Gasteiger partial charge in [-0.2, -0.15) is 0 Å². The molecule has 0 heterocycles. The molecule has 1 aliphatic rings. The van der Waals surface area contributed by atoms with Crippen LogP contribution in [0.15, 0.2) is 53.0 Å². The number of fused-ring (bicyclic) bond motifs is 1. The fraction of sp³-hybridized carbons (Fsp3) is 0.250. The summed E-state index contributed by atoms with van der Waals surface area (Å²) in [4.78, 5) is 0. The number of hydrogen-bond acceptors (Lipinski definition) is 0. The van der Waals surface area contributed by atoms with Crippen LogP contribution in [0.2, 0.25) is 0 Å². The zero-order chi connectivity index (χ0) is 11.9. The van der Waals surface area contributed by atoms with E-state index in [9.17, 15) is 0 Å². The molecule has 0 N–H and O–H groups in total. The second-order valence-electron chi connectivity index (χ2n) is 5.00. The standard InChI is InChI=1S/C16H15Br/c1-16(13-6-8-14(17)9-7-13)11-10-12-4-2-3-5-15(12)16/h2-9H,10-11H2,1H3. The van der Waals surface area contributed by atoms with Crippen LogP contribution in [0.5, 0.6) is 0 Å². The Labute approximate surface area is 111 Å². The molecule has 0 amide bonds. The average Bonchev–Trinajstić information content (AvgIpc) is 2.70. The van der Waals surface area contributed by atoms with Gasteiger partial charge in [-0.3, -0.25) is 0 Å². The number of halogens is 1. The van der Waals surface area contributed by atoms with E-state index in [0.717, 1.165) is 4.47 Å². The molecule has 1 atom stereocenters. The number of hydrogen-bond donors (Lipinski definition) is 0. The van der Waals surface area contributed by atoms with Crippen molar-refractivity contribution < 1.29 is 0 Å². The quantitative estimate of drug-likeness (QED) is 0.713. The fourth-order valence-electron chi connectivity index (χ4n) is 2.91. The van der Waals surface area contributed by atoms with Gasteiger partial charge in [-0.25, -0.2) is 0 Å². The van der Waals surface area contributed by atoms with Gasteiger partial charge in [0.15, 0.2) is 0 Å². The van der Waals surface area contributed by atoms with E-state index in [1.807, 2.05) is 0 Å². The molecule has 0 aromatic heterocycles. The van der Waals surface area contributed by atoms with Crippen LogP contribution in [-0.2, 0) is 11.8 Å². The summed E-state index contributed by atoms with van der Waals surface area (Å²) in [6.07, 6.45) is 2.41. The third-order valence-corrected chi connectivity index (χ3v) is 4.52. The van der Waals surface area contributed by atoms with Crippen LogP contribution in [0, 0.1) is 0 Å². The van der Waals surface area contributed by atoms with Crippen molar-refractivity contribution in [1.82, 2.24) is 0 Å². The molecule has 0 fully saturated rings. The summed E-state index contributed by atoms with van der Waals surface area (Å²) in [5.41, 5.74) is 4.63. The summed E-state index contributed by atoms with van der Waals surface area (Å²) < 4.78 is 1.15. The molecule has 2 aromatic rings. The van der Waals surface area contributed by atoms with E-state index in [1.165, 1.54) is 29.5 Å². The highest BCUT2D eigenvalue weighted by Gasteiger charge is 2.35. The van der Waals surface area contributed by atoms with Crippen LogP contribution in [0.1, 0.15) is 30.0 Å². The lowest BCUT2D eigenvalue weighted by Gasteiger charge is -2.26. The van der Waals surface area contributed by atoms with Crippen molar-refractivity contribution in [2.45, 2.75) is 25.2 Å². The van der Waals surface area contributed by atoms with Gasteiger partial charge < -0.3 is 0 Å². The summed E-state index contributed by atoms with van der Waals surface area (Å²) in [5.74, 6) is 0. The van der Waals surface area contributed by atoms with E-state index in [0.29, 0.717) is 0 Å². The Morgan fingerprint density at radius 3 is 2.47 bits per heavy atom. The van der Waals surface area contributed by atoms with Crippen molar-refractivity contribution in [2.75, 3.05) is 0 Å². The summed E-state index contributed by atoms with van der Waals surface area (Å²) in [6.45, 7) is 2.36. The summed E-state index contributed by atoms with van der Waals surface area (Å²) >= 11 is 3.50. The average molecular weight is 287 g/mol. The molecule has 3 rings (SSSR count). The van der Waals surface area contributed by atoms with Crippen LogP contribution >= 0.6 is 15.9 Å². The molecule has 0 saturated carbocycles. The fourth-order valence-corrected chi connectivity index (χ4v) is 3.18. The molecule has 1 heteroatoms. The van der Waals surface area contributed by atoms with Gasteiger partial charge in [0.05, 0.1) is 0 Å². The van der Waals surface area contributed by atoms with Gasteiger partial charge in [-0.05, 0) is 41.7 Å². The van der Waals surface area contributed by atoms with Gasteiger partial charge in [-0.1, -0.05) is 59.3 Å². The minimum absolute atomic E-state index is 0.192. The van der Waals surface area contributed by atoms with Gasteiger partial charge in [-0.15, -0.1) is 0 Å². The van der Waals surface area contributed by atoms with Gasteiger partial charge in [0.2, 0.25) is 0 Å². The highest BCUT2D eigenvalue weighted by molar-refractivity contribution is 9.10. The molecule has 1 aliphatic carbocycles. The highest BCUT2D eigenvalue weighted by Crippen LogP contribution is 2.43. The Kier molecular flexibility index (Phi) is 2.59. The Bertz CT molecular complexity index is 542. The maximum absolute atomic E-state index is 3.50. The Morgan fingerprint density at radius 2 is 1.71 bits per heavy atom. The van der Waals surface area contributed by atoms with Crippen LogP contribution in [-0.4, -0.2) is 0 Å². The van der Waals surface area contributed by atoms with Gasteiger partial charge in [0.1, 0.15) is 0 Å². The molecular weight excluding hydrogens is 272 g/mol. The summed E-state index contributed by atoms with van der Waals surface area (Å²) in [5, 5.41) is 0. The van der Waals surface area contributed by atoms with E-state index < -0.39 is 0 Å². The number of aryl methyl sites for hydroxylation is 1. The van der Waals surface area contributed by atoms with Crippen molar-refractivity contribution >= 4 is 15.9 Å². The second kappa shape index (κ2) is 3.99. The van der Waals surface area contributed by atoms with E-state index >= 15 is 0 Å². The first kappa shape index (κ1) is 11.0. The Balaban J connectivity index is 2.12. The zero-order valence-electron chi connectivity index (χ0n) is 9.91. The summed E-state index contributed by atoms with van der Waals surface area (Å²) in [6, 6.07) is 17.6. The molecule has 0 nitrogen and oxygen atoms in total. The van der Waals surface area contributed by atoms with Crippen LogP contribution in [0.3, 0.4) is 0 Å². The van der Waals surface area contributed by atoms with Crippen LogP contribution in [0.25, 0.3) is 0 Å². The van der Waals surface area contributed by atoms with Gasteiger partial charge >= 0.3 is 0 Å². The first-order valence-corrected chi connectivity index (χ1v) is 6.84. The largest absolute Gasteiger partial charge is 0.0620 e. The van der Waals surface area contributed by atoms with Crippen molar-refractivity contribution in [3.63, 3.8) is 0 Å². The van der Waals surface area contributed by atoms with Crippen molar-refractivity contribution in [2.24, 2.45) is 0 Å². The predicted octanol–water partition coefficient (Wildman–Crippen LogP) is 4.70. The molecule has 17 heavy (non-hydrogen) atoms. The van der Waals surface area contributed by atoms with E-state index in [2.05, 4.69) is 71.4 Å². The highest BCUT2D eigenvalue weighted by atomic mass is 79.9. The second-order valence-corrected chi connectivity index (χ2v) is 5.91. The van der Waals surface area contributed by atoms with Gasteiger partial charge in [0, 0.05) is 9.89 Å². The first-order chi connectivity index (χ1) is 8.20. The lowest BCUT2D eigenvalue weighted by atomic mass is 9.77. The Morgan fingerprint density at radius 1 is 1.00 bits per heavy atom. The van der Waals surface area contributed by atoms with E-state index in [1.54, 1.807) is 0 Å². The number of benzene rings is 2. The third kappa shape index (κ3) is 1.73. The molecule has 0 bridgehead atoms. The van der Waals surface area contributed by atoms with E-state index in [4.69, 9.17) is 0 Å². The number of rotatable bonds is 1. The smallest absolute Gasteiger partial charge is 0.0180 e. The van der Waals surface area contributed by atoms with Gasteiger partial charge in [0.25, 0.3) is 0 Å². The molecule has 0 radical (unpaired) electrons. The molecule has 0 spiro atoms. The molecule has 1 unspecified atom stereocenters. The first-order valence-electron chi connectivity index (χ1n) is 6.04. The van der Waals surface area contributed by atoms with Crippen LogP contribution < -0.4 is 0 Å². The lowest BCUT2D eigenvalue weighted by molar-refractivity contribution is 0.566. The predicted molar refractivity (Wildman–Crippen MR) is 75.4 cm³/mol. The van der Waals surface area contributed by atoms with Crippen molar-refractivity contribution in [3.8, 4) is 0 Å². The van der Waals surface area contributed by atoms with Crippen molar-refractivity contribution in [1.29, 1.82) is 0 Å². The Hall–Kier alpha value is -1.08. The molecule has 0 aliphatic heterocycles. The SMILES string of the molecule is CC1(c2ccc(Br)cc2)CCc2ccccc21. The lowest BCUT2D eigenvalue weighted by Crippen LogP contribution is -2.19. The molecule has 2 aromatic carbocycles. The monoisotopic (exact) mass is 286 g/mol. The summed E-state index contributed by atoms with van der Waals surface area (Å²) in [7, 11) is 0. The zero-order valence-corrected chi connectivity index (χ0v) is 11.5. The maximum Gasteiger partial charge on any atom is 0.0180 e. The normalized spacial score (nSPS) is 22.5. The minimum Gasteiger partial charge on any atom is -0.0620 e. The molecule has 86 valence electrons. The van der Waals surface area contributed by atoms with Crippen LogP contribution in [0.4, 0.5) is 0 Å². The van der Waals surface area contributed by atoms with Crippen molar-refractivity contribution in [3.05, 3.63) is 69.7 Å². The van der Waals surface area contributed by atoms with E-state index in [-0.39, 0.29) is 5.41 Å². The third-order valence-electron chi connectivity index (χ3n) is 3.99. The topological polar surface area (TPSA) is 0 Å². The molecule has 0 saturated heterocycles. The minimum atomic E-state index is 0.192. The molecular formula is C16H15Br. The maximum atomic E-state index is 3.50.